The summed E-state index contributed by atoms with van der Waals surface area (Å²) < 4.78 is 5.53. The van der Waals surface area contributed by atoms with Crippen molar-refractivity contribution in [2.24, 2.45) is 5.41 Å². The van der Waals surface area contributed by atoms with E-state index in [2.05, 4.69) is 13.8 Å². The second-order valence-corrected chi connectivity index (χ2v) is 6.44. The van der Waals surface area contributed by atoms with Gasteiger partial charge in [-0.3, -0.25) is 0 Å². The first-order chi connectivity index (χ1) is 8.87. The fourth-order valence-corrected chi connectivity index (χ4v) is 2.61. The highest BCUT2D eigenvalue weighted by atomic mass is 35.5. The fraction of sp³-hybridized carbons (Fsp3) is 0.533. The van der Waals surface area contributed by atoms with E-state index in [-0.39, 0.29) is 12.1 Å². The molecule has 104 valence electrons. The van der Waals surface area contributed by atoms with Crippen molar-refractivity contribution in [2.75, 3.05) is 5.73 Å². The summed E-state index contributed by atoms with van der Waals surface area (Å²) in [5.41, 5.74) is 6.92. The molecule has 1 aliphatic carbocycles. The molecule has 0 aliphatic heterocycles. The molecule has 0 bridgehead atoms. The van der Waals surface area contributed by atoms with Crippen LogP contribution in [0.2, 0.25) is 5.02 Å². The van der Waals surface area contributed by atoms with Crippen LogP contribution in [0.5, 0.6) is 0 Å². The third-order valence-electron chi connectivity index (χ3n) is 3.79. The largest absolute Gasteiger partial charge is 0.459 e. The van der Waals surface area contributed by atoms with Gasteiger partial charge in [-0.2, -0.15) is 0 Å². The zero-order valence-corrected chi connectivity index (χ0v) is 12.2. The van der Waals surface area contributed by atoms with Crippen molar-refractivity contribution in [1.82, 2.24) is 0 Å². The standard InChI is InChI=1S/C15H20ClNO2/c1-15(2)7-5-11(6-8-15)19-14(18)12-4-3-10(16)9-13(12)17/h3-4,9,11H,5-8,17H2,1-2H3. The molecule has 2 rings (SSSR count). The van der Waals surface area contributed by atoms with Gasteiger partial charge in [0.15, 0.2) is 0 Å². The van der Waals surface area contributed by atoms with E-state index in [1.54, 1.807) is 18.2 Å². The molecule has 19 heavy (non-hydrogen) atoms. The molecule has 0 heterocycles. The van der Waals surface area contributed by atoms with Crippen molar-refractivity contribution < 1.29 is 9.53 Å². The fourth-order valence-electron chi connectivity index (χ4n) is 2.42. The van der Waals surface area contributed by atoms with Crippen molar-refractivity contribution >= 4 is 23.3 Å². The van der Waals surface area contributed by atoms with E-state index < -0.39 is 0 Å². The van der Waals surface area contributed by atoms with E-state index in [1.165, 1.54) is 0 Å². The van der Waals surface area contributed by atoms with Crippen LogP contribution in [0.3, 0.4) is 0 Å². The second kappa shape index (κ2) is 5.41. The number of benzene rings is 1. The van der Waals surface area contributed by atoms with Gasteiger partial charge >= 0.3 is 5.97 Å². The van der Waals surface area contributed by atoms with Gasteiger partial charge < -0.3 is 10.5 Å². The Morgan fingerprint density at radius 3 is 2.58 bits per heavy atom. The predicted molar refractivity (Wildman–Crippen MR) is 77.3 cm³/mol. The third kappa shape index (κ3) is 3.63. The summed E-state index contributed by atoms with van der Waals surface area (Å²) in [5, 5.41) is 0.522. The van der Waals surface area contributed by atoms with E-state index in [0.717, 1.165) is 25.7 Å². The lowest BCUT2D eigenvalue weighted by atomic mass is 9.76. The molecule has 4 heteroatoms. The van der Waals surface area contributed by atoms with Gasteiger partial charge in [0.2, 0.25) is 0 Å². The zero-order valence-electron chi connectivity index (χ0n) is 11.4. The molecule has 0 saturated heterocycles. The van der Waals surface area contributed by atoms with Crippen LogP contribution >= 0.6 is 11.6 Å². The first kappa shape index (κ1) is 14.2. The molecule has 2 N–H and O–H groups in total. The molecular weight excluding hydrogens is 262 g/mol. The Bertz CT molecular complexity index is 475. The first-order valence-electron chi connectivity index (χ1n) is 6.63. The van der Waals surface area contributed by atoms with Crippen molar-refractivity contribution in [3.63, 3.8) is 0 Å². The summed E-state index contributed by atoms with van der Waals surface area (Å²) in [4.78, 5) is 12.1. The molecule has 0 aromatic heterocycles. The van der Waals surface area contributed by atoms with Gasteiger partial charge in [0.1, 0.15) is 6.10 Å². The Hall–Kier alpha value is -1.22. The predicted octanol–water partition coefficient (Wildman–Crippen LogP) is 4.05. The number of esters is 1. The van der Waals surface area contributed by atoms with Crippen LogP contribution in [0.15, 0.2) is 18.2 Å². The van der Waals surface area contributed by atoms with Crippen molar-refractivity contribution in [1.29, 1.82) is 0 Å². The smallest absolute Gasteiger partial charge is 0.340 e. The summed E-state index contributed by atoms with van der Waals surface area (Å²) in [7, 11) is 0. The molecule has 1 aliphatic rings. The number of carbonyl (C=O) groups excluding carboxylic acids is 1. The number of rotatable bonds is 2. The summed E-state index contributed by atoms with van der Waals surface area (Å²) >= 11 is 5.81. The van der Waals surface area contributed by atoms with Crippen LogP contribution in [0.4, 0.5) is 5.69 Å². The van der Waals surface area contributed by atoms with Gasteiger partial charge in [0.05, 0.1) is 5.56 Å². The van der Waals surface area contributed by atoms with E-state index in [1.807, 2.05) is 0 Å². The third-order valence-corrected chi connectivity index (χ3v) is 4.03. The van der Waals surface area contributed by atoms with Crippen LogP contribution in [-0.2, 0) is 4.74 Å². The molecule has 1 saturated carbocycles. The van der Waals surface area contributed by atoms with E-state index in [4.69, 9.17) is 22.1 Å². The average Bonchev–Trinajstić information content (AvgIpc) is 2.31. The number of carbonyl (C=O) groups is 1. The van der Waals surface area contributed by atoms with Gasteiger partial charge in [-0.15, -0.1) is 0 Å². The second-order valence-electron chi connectivity index (χ2n) is 6.00. The minimum absolute atomic E-state index is 0.00982. The van der Waals surface area contributed by atoms with E-state index >= 15 is 0 Å². The Balaban J connectivity index is 1.98. The number of hydrogen-bond acceptors (Lipinski definition) is 3. The first-order valence-corrected chi connectivity index (χ1v) is 7.01. The lowest BCUT2D eigenvalue weighted by molar-refractivity contribution is 0.00962. The highest BCUT2D eigenvalue weighted by Gasteiger charge is 2.29. The van der Waals surface area contributed by atoms with Crippen molar-refractivity contribution in [2.45, 2.75) is 45.6 Å². The van der Waals surface area contributed by atoms with Crippen LogP contribution in [0.25, 0.3) is 0 Å². The monoisotopic (exact) mass is 281 g/mol. The summed E-state index contributed by atoms with van der Waals surface area (Å²) in [6.45, 7) is 4.50. The SMILES string of the molecule is CC1(C)CCC(OC(=O)c2ccc(Cl)cc2N)CC1. The zero-order chi connectivity index (χ0) is 14.0. The maximum Gasteiger partial charge on any atom is 0.340 e. The maximum atomic E-state index is 12.1. The topological polar surface area (TPSA) is 52.3 Å². The van der Waals surface area contributed by atoms with Gasteiger partial charge in [-0.25, -0.2) is 4.79 Å². The van der Waals surface area contributed by atoms with Gasteiger partial charge in [-0.1, -0.05) is 25.4 Å². The Kier molecular flexibility index (Phi) is 4.04. The van der Waals surface area contributed by atoms with Gasteiger partial charge in [0, 0.05) is 10.7 Å². The molecule has 1 fully saturated rings. The Labute approximate surface area is 119 Å². The van der Waals surface area contributed by atoms with Gasteiger partial charge in [0.25, 0.3) is 0 Å². The molecule has 1 aromatic rings. The van der Waals surface area contributed by atoms with E-state index in [9.17, 15) is 4.79 Å². The molecular formula is C15H20ClNO2. The highest BCUT2D eigenvalue weighted by molar-refractivity contribution is 6.31. The molecule has 0 spiro atoms. The lowest BCUT2D eigenvalue weighted by Gasteiger charge is -2.33. The molecule has 0 amide bonds. The quantitative estimate of drug-likeness (QED) is 0.657. The minimum Gasteiger partial charge on any atom is -0.459 e. The van der Waals surface area contributed by atoms with Crippen LogP contribution in [0, 0.1) is 5.41 Å². The molecule has 3 nitrogen and oxygen atoms in total. The Morgan fingerprint density at radius 1 is 1.37 bits per heavy atom. The van der Waals surface area contributed by atoms with E-state index in [0.29, 0.717) is 21.7 Å². The minimum atomic E-state index is -0.348. The number of ether oxygens (including phenoxy) is 1. The number of nitrogen functional groups attached to an aromatic ring is 1. The Morgan fingerprint density at radius 2 is 2.00 bits per heavy atom. The number of hydrogen-bond donors (Lipinski definition) is 1. The summed E-state index contributed by atoms with van der Waals surface area (Å²) in [6.07, 6.45) is 4.02. The molecule has 1 aromatic carbocycles. The molecule has 0 unspecified atom stereocenters. The van der Waals surface area contributed by atoms with Gasteiger partial charge in [-0.05, 0) is 49.3 Å². The highest BCUT2D eigenvalue weighted by Crippen LogP contribution is 2.36. The molecule has 0 atom stereocenters. The lowest BCUT2D eigenvalue weighted by Crippen LogP contribution is -2.28. The average molecular weight is 282 g/mol. The van der Waals surface area contributed by atoms with Crippen LogP contribution in [0.1, 0.15) is 49.9 Å². The van der Waals surface area contributed by atoms with Crippen LogP contribution < -0.4 is 5.73 Å². The number of anilines is 1. The normalized spacial score (nSPS) is 19.1. The number of nitrogens with two attached hydrogens (primary N) is 1. The van der Waals surface area contributed by atoms with Crippen molar-refractivity contribution in [3.8, 4) is 0 Å². The maximum absolute atomic E-state index is 12.1. The van der Waals surface area contributed by atoms with Crippen LogP contribution in [-0.4, -0.2) is 12.1 Å². The number of halogens is 1. The summed E-state index contributed by atoms with van der Waals surface area (Å²) in [6, 6.07) is 4.84. The van der Waals surface area contributed by atoms with Crippen molar-refractivity contribution in [3.05, 3.63) is 28.8 Å². The summed E-state index contributed by atoms with van der Waals surface area (Å²) in [5.74, 6) is -0.348. The molecule has 0 radical (unpaired) electrons.